The van der Waals surface area contributed by atoms with E-state index in [0.717, 1.165) is 22.7 Å². The molecule has 0 aliphatic rings. The van der Waals surface area contributed by atoms with Gasteiger partial charge in [0.25, 0.3) is 12.3 Å². The normalized spacial score (nSPS) is 11.3. The molecule has 3 heterocycles. The van der Waals surface area contributed by atoms with Crippen molar-refractivity contribution in [3.63, 3.8) is 0 Å². The largest absolute Gasteiger partial charge is 0.365 e. The Kier molecular flexibility index (Phi) is 5.70. The third kappa shape index (κ3) is 4.09. The second-order valence-electron chi connectivity index (χ2n) is 7.24. The Labute approximate surface area is 185 Å². The number of rotatable bonds is 6. The monoisotopic (exact) mass is 455 g/mol. The number of aromatic nitrogens is 3. The second-order valence-corrected chi connectivity index (χ2v) is 8.24. The molecule has 1 aromatic carbocycles. The molecule has 0 unspecified atom stereocenters. The van der Waals surface area contributed by atoms with Crippen LogP contribution in [-0.4, -0.2) is 26.6 Å². The highest BCUT2D eigenvalue weighted by atomic mass is 32.1. The van der Waals surface area contributed by atoms with Crippen LogP contribution in [0.1, 0.15) is 33.2 Å². The highest BCUT2D eigenvalue weighted by Gasteiger charge is 2.25. The number of thiophene rings is 1. The van der Waals surface area contributed by atoms with Gasteiger partial charge >= 0.3 is 0 Å². The second kappa shape index (κ2) is 8.46. The van der Waals surface area contributed by atoms with Gasteiger partial charge in [0.1, 0.15) is 21.9 Å². The number of primary amides is 1. The number of amides is 2. The molecule has 0 aliphatic carbocycles. The van der Waals surface area contributed by atoms with E-state index in [2.05, 4.69) is 15.4 Å². The summed E-state index contributed by atoms with van der Waals surface area (Å²) in [5.41, 5.74) is 7.93. The van der Waals surface area contributed by atoms with Crippen LogP contribution in [0.3, 0.4) is 0 Å². The van der Waals surface area contributed by atoms with Crippen molar-refractivity contribution in [1.29, 1.82) is 0 Å². The van der Waals surface area contributed by atoms with Crippen molar-refractivity contribution in [1.82, 2.24) is 14.8 Å². The number of nitrogens with zero attached hydrogens (tertiary/aromatic N) is 3. The number of aryl methyl sites for hydroxylation is 2. The maximum absolute atomic E-state index is 13.5. The first-order chi connectivity index (χ1) is 15.2. The predicted octanol–water partition coefficient (Wildman–Crippen LogP) is 4.45. The van der Waals surface area contributed by atoms with E-state index in [1.807, 2.05) is 19.9 Å². The Morgan fingerprint density at radius 2 is 1.91 bits per heavy atom. The van der Waals surface area contributed by atoms with Gasteiger partial charge in [-0.25, -0.2) is 13.8 Å². The Morgan fingerprint density at radius 3 is 2.50 bits per heavy atom. The maximum Gasteiger partial charge on any atom is 0.280 e. The molecule has 0 saturated heterocycles. The van der Waals surface area contributed by atoms with Crippen LogP contribution in [0.15, 0.2) is 42.5 Å². The van der Waals surface area contributed by atoms with Crippen molar-refractivity contribution < 1.29 is 18.4 Å². The Morgan fingerprint density at radius 1 is 1.19 bits per heavy atom. The van der Waals surface area contributed by atoms with Gasteiger partial charge in [-0.15, -0.1) is 11.3 Å². The van der Waals surface area contributed by atoms with Crippen molar-refractivity contribution >= 4 is 39.1 Å². The SMILES string of the molecule is Cc1cc(C)n(CC(=O)Nc2c(C(N)=O)sc3nc(C(F)F)cc(-c4ccccc4)c23)n1. The Bertz CT molecular complexity index is 1330. The molecule has 0 spiro atoms. The molecule has 3 aromatic heterocycles. The summed E-state index contributed by atoms with van der Waals surface area (Å²) in [4.78, 5) is 29.2. The Hall–Kier alpha value is -3.66. The predicted molar refractivity (Wildman–Crippen MR) is 119 cm³/mol. The van der Waals surface area contributed by atoms with Crippen LogP contribution in [0.2, 0.25) is 0 Å². The highest BCUT2D eigenvalue weighted by molar-refractivity contribution is 7.21. The van der Waals surface area contributed by atoms with Crippen molar-refractivity contribution in [2.45, 2.75) is 26.8 Å². The van der Waals surface area contributed by atoms with Gasteiger partial charge < -0.3 is 11.1 Å². The average molecular weight is 455 g/mol. The van der Waals surface area contributed by atoms with Crippen molar-refractivity contribution in [2.24, 2.45) is 5.73 Å². The van der Waals surface area contributed by atoms with Gasteiger partial charge in [-0.2, -0.15) is 5.10 Å². The van der Waals surface area contributed by atoms with Crippen LogP contribution in [0.4, 0.5) is 14.5 Å². The number of benzene rings is 1. The number of hydrogen-bond donors (Lipinski definition) is 2. The molecule has 0 bridgehead atoms. The third-order valence-electron chi connectivity index (χ3n) is 4.88. The van der Waals surface area contributed by atoms with Crippen LogP contribution < -0.4 is 11.1 Å². The summed E-state index contributed by atoms with van der Waals surface area (Å²) in [7, 11) is 0. The zero-order valence-corrected chi connectivity index (χ0v) is 18.0. The van der Waals surface area contributed by atoms with Gasteiger partial charge in [0.05, 0.1) is 11.4 Å². The minimum atomic E-state index is -2.80. The molecular formula is C22H19F2N5O2S. The summed E-state index contributed by atoms with van der Waals surface area (Å²) >= 11 is 0.872. The number of fused-ring (bicyclic) bond motifs is 1. The first-order valence-corrected chi connectivity index (χ1v) is 10.5. The molecule has 0 radical (unpaired) electrons. The smallest absolute Gasteiger partial charge is 0.280 e. The molecule has 0 atom stereocenters. The number of halogens is 2. The van der Waals surface area contributed by atoms with Crippen LogP contribution in [0.5, 0.6) is 0 Å². The van der Waals surface area contributed by atoms with Crippen LogP contribution >= 0.6 is 11.3 Å². The molecule has 2 amide bonds. The highest BCUT2D eigenvalue weighted by Crippen LogP contribution is 2.42. The van der Waals surface area contributed by atoms with Crippen LogP contribution in [0.25, 0.3) is 21.3 Å². The summed E-state index contributed by atoms with van der Waals surface area (Å²) < 4.78 is 28.6. The maximum atomic E-state index is 13.5. The Balaban J connectivity index is 1.87. The number of carbonyl (C=O) groups excluding carboxylic acids is 2. The number of nitrogens with two attached hydrogens (primary N) is 1. The van der Waals surface area contributed by atoms with Crippen molar-refractivity contribution in [3.05, 3.63) is 64.4 Å². The number of anilines is 1. The van der Waals surface area contributed by atoms with E-state index in [1.165, 1.54) is 10.7 Å². The molecular weight excluding hydrogens is 436 g/mol. The van der Waals surface area contributed by atoms with Gasteiger partial charge in [-0.3, -0.25) is 14.3 Å². The summed E-state index contributed by atoms with van der Waals surface area (Å²) in [5, 5.41) is 7.40. The van der Waals surface area contributed by atoms with Gasteiger partial charge in [0, 0.05) is 11.1 Å². The third-order valence-corrected chi connectivity index (χ3v) is 5.97. The van der Waals surface area contributed by atoms with Crippen LogP contribution in [-0.2, 0) is 11.3 Å². The summed E-state index contributed by atoms with van der Waals surface area (Å²) in [6, 6.07) is 12.0. The summed E-state index contributed by atoms with van der Waals surface area (Å²) in [5.74, 6) is -1.22. The molecule has 4 rings (SSSR count). The average Bonchev–Trinajstić information content (AvgIpc) is 3.27. The minimum absolute atomic E-state index is 0.0396. The zero-order valence-electron chi connectivity index (χ0n) is 17.2. The molecule has 0 fully saturated rings. The molecule has 4 aromatic rings. The van der Waals surface area contributed by atoms with E-state index in [9.17, 15) is 18.4 Å². The van der Waals surface area contributed by atoms with Gasteiger partial charge in [0.2, 0.25) is 5.91 Å². The molecule has 164 valence electrons. The summed E-state index contributed by atoms with van der Waals surface area (Å²) in [6.45, 7) is 3.56. The molecule has 32 heavy (non-hydrogen) atoms. The van der Waals surface area contributed by atoms with Gasteiger partial charge in [0.15, 0.2) is 0 Å². The fourth-order valence-corrected chi connectivity index (χ4v) is 4.53. The van der Waals surface area contributed by atoms with E-state index in [4.69, 9.17) is 5.73 Å². The van der Waals surface area contributed by atoms with Crippen molar-refractivity contribution in [3.8, 4) is 11.1 Å². The molecule has 0 saturated carbocycles. The zero-order chi connectivity index (χ0) is 23.0. The lowest BCUT2D eigenvalue weighted by Gasteiger charge is -2.11. The lowest BCUT2D eigenvalue weighted by Crippen LogP contribution is -2.22. The van der Waals surface area contributed by atoms with E-state index >= 15 is 0 Å². The number of hydrogen-bond acceptors (Lipinski definition) is 5. The van der Waals surface area contributed by atoms with Crippen molar-refractivity contribution in [2.75, 3.05) is 5.32 Å². The molecule has 7 nitrogen and oxygen atoms in total. The van der Waals surface area contributed by atoms with Crippen LogP contribution in [0, 0.1) is 13.8 Å². The lowest BCUT2D eigenvalue weighted by atomic mass is 10.0. The van der Waals surface area contributed by atoms with Gasteiger partial charge in [-0.1, -0.05) is 30.3 Å². The number of pyridine rings is 1. The molecule has 3 N–H and O–H groups in total. The minimum Gasteiger partial charge on any atom is -0.365 e. The number of alkyl halides is 2. The lowest BCUT2D eigenvalue weighted by molar-refractivity contribution is -0.116. The fourth-order valence-electron chi connectivity index (χ4n) is 3.52. The topological polar surface area (TPSA) is 103 Å². The first kappa shape index (κ1) is 21.6. The van der Waals surface area contributed by atoms with Gasteiger partial charge in [-0.05, 0) is 37.1 Å². The fraction of sp³-hybridized carbons (Fsp3) is 0.182. The number of carbonyl (C=O) groups is 2. The summed E-state index contributed by atoms with van der Waals surface area (Å²) in [6.07, 6.45) is -2.80. The quantitative estimate of drug-likeness (QED) is 0.448. The first-order valence-electron chi connectivity index (χ1n) is 9.66. The number of nitrogens with one attached hydrogen (secondary N) is 1. The molecule has 10 heteroatoms. The van der Waals surface area contributed by atoms with E-state index in [-0.39, 0.29) is 21.9 Å². The van der Waals surface area contributed by atoms with E-state index in [1.54, 1.807) is 30.3 Å². The molecule has 0 aliphatic heterocycles. The van der Waals surface area contributed by atoms with E-state index < -0.39 is 23.9 Å². The van der Waals surface area contributed by atoms with E-state index in [0.29, 0.717) is 16.5 Å². The standard InChI is InChI=1S/C22H19F2N5O2S/c1-11-8-12(2)29(28-11)10-16(30)27-18-17-14(13-6-4-3-5-7-13)9-15(20(23)24)26-22(17)32-19(18)21(25)31/h3-9,20H,10H2,1-2H3,(H2,25,31)(H,27,30).